The zero-order chi connectivity index (χ0) is 13.8. The maximum Gasteiger partial charge on any atom is 0.125 e. The SMILES string of the molecule is CCC(C)n1ccc(CSc2ccc(F)cc2N)n1. The first-order chi connectivity index (χ1) is 9.10. The van der Waals surface area contributed by atoms with Crippen LogP contribution < -0.4 is 5.73 Å². The minimum absolute atomic E-state index is 0.303. The Morgan fingerprint density at radius 1 is 1.42 bits per heavy atom. The van der Waals surface area contributed by atoms with Crippen molar-refractivity contribution in [2.45, 2.75) is 37.0 Å². The van der Waals surface area contributed by atoms with E-state index in [1.165, 1.54) is 12.1 Å². The molecule has 0 bridgehead atoms. The minimum atomic E-state index is -0.303. The monoisotopic (exact) mass is 279 g/mol. The smallest absolute Gasteiger partial charge is 0.125 e. The van der Waals surface area contributed by atoms with Crippen LogP contribution in [0, 0.1) is 5.82 Å². The van der Waals surface area contributed by atoms with Crippen molar-refractivity contribution in [1.82, 2.24) is 9.78 Å². The summed E-state index contributed by atoms with van der Waals surface area (Å²) >= 11 is 1.57. The first-order valence-electron chi connectivity index (χ1n) is 6.32. The highest BCUT2D eigenvalue weighted by atomic mass is 32.2. The first-order valence-corrected chi connectivity index (χ1v) is 7.30. The number of nitrogens with zero attached hydrogens (tertiary/aromatic N) is 2. The Hall–Kier alpha value is -1.49. The van der Waals surface area contributed by atoms with Gasteiger partial charge in [0.15, 0.2) is 0 Å². The molecule has 0 aliphatic rings. The van der Waals surface area contributed by atoms with Gasteiger partial charge in [-0.25, -0.2) is 4.39 Å². The summed E-state index contributed by atoms with van der Waals surface area (Å²) in [5, 5.41) is 4.52. The fourth-order valence-electron chi connectivity index (χ4n) is 1.69. The van der Waals surface area contributed by atoms with Gasteiger partial charge < -0.3 is 5.73 Å². The van der Waals surface area contributed by atoms with Crippen LogP contribution >= 0.6 is 11.8 Å². The molecule has 0 aliphatic carbocycles. The summed E-state index contributed by atoms with van der Waals surface area (Å²) in [7, 11) is 0. The molecule has 1 heterocycles. The van der Waals surface area contributed by atoms with Crippen LogP contribution in [0.3, 0.4) is 0 Å². The predicted molar refractivity (Wildman–Crippen MR) is 77.6 cm³/mol. The number of hydrogen-bond donors (Lipinski definition) is 1. The van der Waals surface area contributed by atoms with Gasteiger partial charge in [0, 0.05) is 28.6 Å². The van der Waals surface area contributed by atoms with Gasteiger partial charge in [-0.3, -0.25) is 4.68 Å². The molecule has 1 aromatic heterocycles. The highest BCUT2D eigenvalue weighted by molar-refractivity contribution is 7.98. The number of hydrogen-bond acceptors (Lipinski definition) is 3. The van der Waals surface area contributed by atoms with E-state index >= 15 is 0 Å². The van der Waals surface area contributed by atoms with Gasteiger partial charge in [0.2, 0.25) is 0 Å². The van der Waals surface area contributed by atoms with Crippen LogP contribution in [0.25, 0.3) is 0 Å². The molecule has 0 saturated heterocycles. The molecule has 0 saturated carbocycles. The van der Waals surface area contributed by atoms with Crippen molar-refractivity contribution in [1.29, 1.82) is 0 Å². The van der Waals surface area contributed by atoms with Gasteiger partial charge in [-0.1, -0.05) is 6.92 Å². The van der Waals surface area contributed by atoms with Gasteiger partial charge in [0.05, 0.1) is 5.69 Å². The summed E-state index contributed by atoms with van der Waals surface area (Å²) < 4.78 is 14.9. The van der Waals surface area contributed by atoms with Crippen molar-refractivity contribution < 1.29 is 4.39 Å². The van der Waals surface area contributed by atoms with E-state index in [2.05, 4.69) is 18.9 Å². The second-order valence-electron chi connectivity index (χ2n) is 4.52. The van der Waals surface area contributed by atoms with Gasteiger partial charge in [0.1, 0.15) is 5.82 Å². The maximum atomic E-state index is 12.9. The molecule has 0 radical (unpaired) electrons. The van der Waals surface area contributed by atoms with Crippen LogP contribution in [0.15, 0.2) is 35.4 Å². The number of aromatic nitrogens is 2. The molecule has 2 rings (SSSR count). The Balaban J connectivity index is 2.00. The second-order valence-corrected chi connectivity index (χ2v) is 5.53. The molecule has 19 heavy (non-hydrogen) atoms. The average Bonchev–Trinajstić information content (AvgIpc) is 2.85. The number of nitrogens with two attached hydrogens (primary N) is 1. The van der Waals surface area contributed by atoms with Crippen molar-refractivity contribution in [2.24, 2.45) is 0 Å². The summed E-state index contributed by atoms with van der Waals surface area (Å²) in [6, 6.07) is 6.91. The molecule has 1 aromatic carbocycles. The van der Waals surface area contributed by atoms with Crippen LogP contribution in [-0.4, -0.2) is 9.78 Å². The quantitative estimate of drug-likeness (QED) is 0.667. The third kappa shape index (κ3) is 3.50. The van der Waals surface area contributed by atoms with Crippen LogP contribution in [-0.2, 0) is 5.75 Å². The number of anilines is 1. The Kier molecular flexibility index (Phi) is 4.47. The molecule has 0 spiro atoms. The first kappa shape index (κ1) is 13.9. The Morgan fingerprint density at radius 2 is 2.21 bits per heavy atom. The number of thioether (sulfide) groups is 1. The lowest BCUT2D eigenvalue weighted by Gasteiger charge is -2.08. The molecule has 2 aromatic rings. The van der Waals surface area contributed by atoms with E-state index in [0.29, 0.717) is 11.7 Å². The van der Waals surface area contributed by atoms with Gasteiger partial charge in [-0.15, -0.1) is 11.8 Å². The molecule has 0 aliphatic heterocycles. The lowest BCUT2D eigenvalue weighted by atomic mass is 10.3. The second kappa shape index (κ2) is 6.10. The summed E-state index contributed by atoms with van der Waals surface area (Å²) in [5.41, 5.74) is 7.26. The Labute approximate surface area is 117 Å². The van der Waals surface area contributed by atoms with E-state index in [1.807, 2.05) is 16.9 Å². The van der Waals surface area contributed by atoms with E-state index in [9.17, 15) is 4.39 Å². The van der Waals surface area contributed by atoms with E-state index in [4.69, 9.17) is 5.73 Å². The molecule has 0 amide bonds. The zero-order valence-corrected chi connectivity index (χ0v) is 12.0. The topological polar surface area (TPSA) is 43.8 Å². The van der Waals surface area contributed by atoms with E-state index < -0.39 is 0 Å². The number of nitrogen functional groups attached to an aromatic ring is 1. The summed E-state index contributed by atoms with van der Waals surface area (Å²) in [6.07, 6.45) is 3.05. The maximum absolute atomic E-state index is 12.9. The molecule has 1 unspecified atom stereocenters. The largest absolute Gasteiger partial charge is 0.398 e. The van der Waals surface area contributed by atoms with Crippen molar-refractivity contribution in [2.75, 3.05) is 5.73 Å². The zero-order valence-electron chi connectivity index (χ0n) is 11.1. The molecule has 5 heteroatoms. The van der Waals surface area contributed by atoms with Gasteiger partial charge in [0.25, 0.3) is 0 Å². The lowest BCUT2D eigenvalue weighted by Crippen LogP contribution is -2.04. The molecule has 2 N–H and O–H groups in total. The average molecular weight is 279 g/mol. The fourth-order valence-corrected chi connectivity index (χ4v) is 2.54. The lowest BCUT2D eigenvalue weighted by molar-refractivity contribution is 0.475. The molecular weight excluding hydrogens is 261 g/mol. The van der Waals surface area contributed by atoms with Gasteiger partial charge in [-0.05, 0) is 37.6 Å². The number of benzene rings is 1. The van der Waals surface area contributed by atoms with Crippen LogP contribution in [0.2, 0.25) is 0 Å². The molecule has 0 fully saturated rings. The third-order valence-corrected chi connectivity index (χ3v) is 4.18. The Morgan fingerprint density at radius 3 is 2.89 bits per heavy atom. The van der Waals surface area contributed by atoms with Gasteiger partial charge in [-0.2, -0.15) is 5.10 Å². The fraction of sp³-hybridized carbons (Fsp3) is 0.357. The van der Waals surface area contributed by atoms with E-state index in [-0.39, 0.29) is 5.82 Å². The number of rotatable bonds is 5. The van der Waals surface area contributed by atoms with Gasteiger partial charge >= 0.3 is 0 Å². The van der Waals surface area contributed by atoms with Crippen molar-refractivity contribution >= 4 is 17.4 Å². The molecular formula is C14H18FN3S. The minimum Gasteiger partial charge on any atom is -0.398 e. The summed E-state index contributed by atoms with van der Waals surface area (Å²) in [4.78, 5) is 0.888. The highest BCUT2D eigenvalue weighted by Crippen LogP contribution is 2.28. The van der Waals surface area contributed by atoms with Crippen molar-refractivity contribution in [3.63, 3.8) is 0 Å². The third-order valence-electron chi connectivity index (χ3n) is 3.05. The van der Waals surface area contributed by atoms with E-state index in [0.717, 1.165) is 22.8 Å². The highest BCUT2D eigenvalue weighted by Gasteiger charge is 2.06. The molecule has 1 atom stereocenters. The summed E-state index contributed by atoms with van der Waals surface area (Å²) in [5.74, 6) is 0.433. The predicted octanol–water partition coefficient (Wildman–Crippen LogP) is 3.87. The van der Waals surface area contributed by atoms with Crippen molar-refractivity contribution in [3.8, 4) is 0 Å². The molecule has 3 nitrogen and oxygen atoms in total. The van der Waals surface area contributed by atoms with Crippen LogP contribution in [0.5, 0.6) is 0 Å². The standard InChI is InChI=1S/C14H18FN3S/c1-3-10(2)18-7-6-12(17-18)9-19-14-5-4-11(15)8-13(14)16/h4-8,10H,3,9,16H2,1-2H3. The van der Waals surface area contributed by atoms with E-state index in [1.54, 1.807) is 17.8 Å². The van der Waals surface area contributed by atoms with Crippen LogP contribution in [0.1, 0.15) is 32.0 Å². The normalized spacial score (nSPS) is 12.6. The Bertz CT molecular complexity index is 553. The number of halogens is 1. The summed E-state index contributed by atoms with van der Waals surface area (Å²) in [6.45, 7) is 4.28. The van der Waals surface area contributed by atoms with Crippen LogP contribution in [0.4, 0.5) is 10.1 Å². The molecule has 102 valence electrons. The van der Waals surface area contributed by atoms with Crippen molar-refractivity contribution in [3.05, 3.63) is 42.0 Å².